The highest BCUT2D eigenvalue weighted by molar-refractivity contribution is 6.37. The lowest BCUT2D eigenvalue weighted by Gasteiger charge is -2.33. The van der Waals surface area contributed by atoms with Crippen LogP contribution in [0.1, 0.15) is 25.3 Å². The third-order valence-electron chi connectivity index (χ3n) is 5.12. The lowest BCUT2D eigenvalue weighted by atomic mass is 9.96. The Labute approximate surface area is 156 Å². The number of aromatic nitrogens is 1. The maximum Gasteiger partial charge on any atom is 0.310 e. The van der Waals surface area contributed by atoms with E-state index in [9.17, 15) is 14.4 Å². The van der Waals surface area contributed by atoms with Gasteiger partial charge in [-0.15, -0.1) is 0 Å². The molecular weight excluding hydrogens is 346 g/mol. The molecule has 0 saturated carbocycles. The monoisotopic (exact) mass is 367 g/mol. The van der Waals surface area contributed by atoms with Crippen LogP contribution in [0.25, 0.3) is 16.5 Å². The van der Waals surface area contributed by atoms with E-state index in [1.807, 2.05) is 29.2 Å². The predicted molar refractivity (Wildman–Crippen MR) is 99.3 cm³/mol. The van der Waals surface area contributed by atoms with E-state index in [0.717, 1.165) is 23.7 Å². The van der Waals surface area contributed by atoms with Gasteiger partial charge in [0.2, 0.25) is 0 Å². The molecule has 2 aliphatic rings. The molecule has 2 N–H and O–H groups in total. The van der Waals surface area contributed by atoms with Crippen molar-refractivity contribution in [2.24, 2.45) is 5.92 Å². The van der Waals surface area contributed by atoms with Crippen molar-refractivity contribution < 1.29 is 19.1 Å². The van der Waals surface area contributed by atoms with Crippen LogP contribution >= 0.6 is 0 Å². The first-order chi connectivity index (χ1) is 13.1. The van der Waals surface area contributed by atoms with Gasteiger partial charge in [-0.25, -0.2) is 0 Å². The van der Waals surface area contributed by atoms with Crippen LogP contribution in [-0.2, 0) is 19.1 Å². The Balaban J connectivity index is 1.75. The number of hydrogen-bond donors (Lipinski definition) is 2. The first kappa shape index (κ1) is 17.3. The van der Waals surface area contributed by atoms with Crippen molar-refractivity contribution in [3.8, 4) is 0 Å². The number of H-pyrrole nitrogens is 1. The Kier molecular flexibility index (Phi) is 4.43. The zero-order valence-corrected chi connectivity index (χ0v) is 15.1. The molecule has 140 valence electrons. The number of piperidine rings is 1. The van der Waals surface area contributed by atoms with Crippen molar-refractivity contribution in [1.82, 2.24) is 15.2 Å². The van der Waals surface area contributed by atoms with Crippen LogP contribution in [0.5, 0.6) is 0 Å². The second-order valence-electron chi connectivity index (χ2n) is 6.79. The number of benzene rings is 1. The minimum absolute atomic E-state index is 0.249. The van der Waals surface area contributed by atoms with Gasteiger partial charge < -0.3 is 14.6 Å². The molecule has 0 spiro atoms. The van der Waals surface area contributed by atoms with Gasteiger partial charge in [-0.05, 0) is 25.8 Å². The van der Waals surface area contributed by atoms with E-state index >= 15 is 0 Å². The molecular formula is C20H21N3O4. The molecule has 1 atom stereocenters. The van der Waals surface area contributed by atoms with Crippen LogP contribution in [-0.4, -0.2) is 47.4 Å². The molecule has 27 heavy (non-hydrogen) atoms. The van der Waals surface area contributed by atoms with Crippen molar-refractivity contribution >= 4 is 34.3 Å². The fourth-order valence-electron chi connectivity index (χ4n) is 3.91. The highest BCUT2D eigenvalue weighted by Crippen LogP contribution is 2.33. The molecule has 2 aromatic rings. The molecule has 1 saturated heterocycles. The maximum absolute atomic E-state index is 12.6. The number of fused-ring (bicyclic) bond motifs is 1. The van der Waals surface area contributed by atoms with Gasteiger partial charge in [0.25, 0.3) is 11.8 Å². The van der Waals surface area contributed by atoms with Gasteiger partial charge in [0, 0.05) is 35.8 Å². The van der Waals surface area contributed by atoms with Gasteiger partial charge in [0.15, 0.2) is 0 Å². The molecule has 1 unspecified atom stereocenters. The Bertz CT molecular complexity index is 959. The third kappa shape index (κ3) is 2.99. The average Bonchev–Trinajstić information content (AvgIpc) is 3.22. The Morgan fingerprint density at radius 1 is 1.26 bits per heavy atom. The molecule has 7 heteroatoms. The van der Waals surface area contributed by atoms with E-state index in [2.05, 4.69) is 10.3 Å². The van der Waals surface area contributed by atoms with E-state index in [-0.39, 0.29) is 11.9 Å². The van der Waals surface area contributed by atoms with Gasteiger partial charge >= 0.3 is 5.97 Å². The highest BCUT2D eigenvalue weighted by atomic mass is 16.5. The summed E-state index contributed by atoms with van der Waals surface area (Å²) in [4.78, 5) is 42.3. The summed E-state index contributed by atoms with van der Waals surface area (Å²) in [5.74, 6) is -1.36. The maximum atomic E-state index is 12.6. The summed E-state index contributed by atoms with van der Waals surface area (Å²) in [6.45, 7) is 3.11. The summed E-state index contributed by atoms with van der Waals surface area (Å²) < 4.78 is 5.14. The lowest BCUT2D eigenvalue weighted by molar-refractivity contribution is -0.149. The molecule has 0 radical (unpaired) electrons. The van der Waals surface area contributed by atoms with Crippen molar-refractivity contribution in [2.45, 2.75) is 19.8 Å². The summed E-state index contributed by atoms with van der Waals surface area (Å²) in [5, 5.41) is 3.30. The zero-order chi connectivity index (χ0) is 19.0. The van der Waals surface area contributed by atoms with Crippen LogP contribution in [0.4, 0.5) is 0 Å². The number of aromatic amines is 1. The number of esters is 1. The lowest BCUT2D eigenvalue weighted by Crippen LogP contribution is -2.41. The van der Waals surface area contributed by atoms with Crippen LogP contribution < -0.4 is 5.32 Å². The molecule has 4 rings (SSSR count). The summed E-state index contributed by atoms with van der Waals surface area (Å²) in [6.07, 6.45) is 3.24. The zero-order valence-electron chi connectivity index (χ0n) is 15.1. The van der Waals surface area contributed by atoms with E-state index in [0.29, 0.717) is 36.5 Å². The largest absolute Gasteiger partial charge is 0.466 e. The Morgan fingerprint density at radius 3 is 2.89 bits per heavy atom. The SMILES string of the molecule is CCOC(=O)C1CCCN(C2=C(c3c[nH]c4ccccc34)C(=O)NC2=O)C1. The number of para-hydroxylation sites is 1. The number of hydrogen-bond acceptors (Lipinski definition) is 5. The number of ether oxygens (including phenoxy) is 1. The summed E-state index contributed by atoms with van der Waals surface area (Å²) in [5.41, 5.74) is 2.30. The molecule has 2 amide bonds. The third-order valence-corrected chi connectivity index (χ3v) is 5.12. The second-order valence-corrected chi connectivity index (χ2v) is 6.79. The molecule has 1 aromatic carbocycles. The van der Waals surface area contributed by atoms with Gasteiger partial charge in [0.1, 0.15) is 5.70 Å². The average molecular weight is 367 g/mol. The van der Waals surface area contributed by atoms with Crippen LogP contribution in [0.15, 0.2) is 36.2 Å². The standard InChI is InChI=1S/C20H21N3O4/c1-2-27-20(26)12-6-5-9-23(11-12)17-16(18(24)22-19(17)25)14-10-21-15-8-4-3-7-13(14)15/h3-4,7-8,10,12,21H,2,5-6,9,11H2,1H3,(H,22,24,25). The molecule has 0 aliphatic carbocycles. The number of likely N-dealkylation sites (tertiary alicyclic amines) is 1. The van der Waals surface area contributed by atoms with Crippen molar-refractivity contribution in [2.75, 3.05) is 19.7 Å². The van der Waals surface area contributed by atoms with Crippen molar-refractivity contribution in [1.29, 1.82) is 0 Å². The quantitative estimate of drug-likeness (QED) is 0.635. The van der Waals surface area contributed by atoms with Crippen molar-refractivity contribution in [3.05, 3.63) is 41.7 Å². The van der Waals surface area contributed by atoms with Gasteiger partial charge in [-0.1, -0.05) is 18.2 Å². The Hall–Kier alpha value is -3.09. The summed E-state index contributed by atoms with van der Waals surface area (Å²) >= 11 is 0. The number of nitrogens with zero attached hydrogens (tertiary/aromatic N) is 1. The Morgan fingerprint density at radius 2 is 2.07 bits per heavy atom. The number of carbonyl (C=O) groups excluding carboxylic acids is 3. The number of amides is 2. The molecule has 1 fully saturated rings. The number of nitrogens with one attached hydrogen (secondary N) is 2. The number of imide groups is 1. The first-order valence-corrected chi connectivity index (χ1v) is 9.18. The molecule has 1 aromatic heterocycles. The van der Waals surface area contributed by atoms with Crippen LogP contribution in [0, 0.1) is 5.92 Å². The fourth-order valence-corrected chi connectivity index (χ4v) is 3.91. The number of rotatable bonds is 4. The summed E-state index contributed by atoms with van der Waals surface area (Å²) in [7, 11) is 0. The predicted octanol–water partition coefficient (Wildman–Crippen LogP) is 1.81. The first-order valence-electron chi connectivity index (χ1n) is 9.18. The van der Waals surface area contributed by atoms with Crippen molar-refractivity contribution in [3.63, 3.8) is 0 Å². The van der Waals surface area contributed by atoms with Crippen LogP contribution in [0.3, 0.4) is 0 Å². The van der Waals surface area contributed by atoms with E-state index in [1.54, 1.807) is 13.1 Å². The highest BCUT2D eigenvalue weighted by Gasteiger charge is 2.38. The molecule has 7 nitrogen and oxygen atoms in total. The molecule has 0 bridgehead atoms. The van der Waals surface area contributed by atoms with E-state index in [4.69, 9.17) is 4.74 Å². The van der Waals surface area contributed by atoms with Gasteiger partial charge in [0.05, 0.1) is 18.1 Å². The van der Waals surface area contributed by atoms with E-state index in [1.165, 1.54) is 0 Å². The number of carbonyl (C=O) groups is 3. The van der Waals surface area contributed by atoms with Crippen LogP contribution in [0.2, 0.25) is 0 Å². The molecule has 3 heterocycles. The normalized spacial score (nSPS) is 20.3. The smallest absolute Gasteiger partial charge is 0.310 e. The van der Waals surface area contributed by atoms with Gasteiger partial charge in [-0.2, -0.15) is 0 Å². The van der Waals surface area contributed by atoms with E-state index < -0.39 is 11.8 Å². The second kappa shape index (κ2) is 6.90. The fraction of sp³-hybridized carbons (Fsp3) is 0.350. The summed E-state index contributed by atoms with van der Waals surface area (Å²) in [6, 6.07) is 7.64. The minimum Gasteiger partial charge on any atom is -0.466 e. The van der Waals surface area contributed by atoms with Gasteiger partial charge in [-0.3, -0.25) is 19.7 Å². The molecule has 2 aliphatic heterocycles. The topological polar surface area (TPSA) is 91.5 Å². The minimum atomic E-state index is -0.412.